The minimum absolute atomic E-state index is 0.525. The van der Waals surface area contributed by atoms with Crippen molar-refractivity contribution in [1.82, 2.24) is 19.9 Å². The van der Waals surface area contributed by atoms with Crippen LogP contribution in [0.3, 0.4) is 0 Å². The number of fused-ring (bicyclic) bond motifs is 1. The zero-order valence-electron chi connectivity index (χ0n) is 11.8. The minimum atomic E-state index is 0.525. The summed E-state index contributed by atoms with van der Waals surface area (Å²) in [5, 5.41) is 12.7. The number of nitrogens with zero attached hydrogens (tertiary/aromatic N) is 3. The standard InChI is InChI=1S/C15H17N5S/c1-2-3-8-14-18-19-15(21)20(14)17-10-11-9-16-13-7-5-4-6-12(11)13/h4-7,9-10,16H,2-3,8H2,1H3,(H,19,21)/b17-10+. The topological polar surface area (TPSA) is 61.8 Å². The van der Waals surface area contributed by atoms with Crippen molar-refractivity contribution in [3.63, 3.8) is 0 Å². The van der Waals surface area contributed by atoms with Crippen molar-refractivity contribution < 1.29 is 0 Å². The molecule has 3 rings (SSSR count). The number of benzene rings is 1. The number of hydrogen-bond acceptors (Lipinski definition) is 3. The van der Waals surface area contributed by atoms with E-state index in [1.807, 2.05) is 30.6 Å². The second-order valence-electron chi connectivity index (χ2n) is 4.89. The number of aromatic amines is 2. The first-order valence-electron chi connectivity index (χ1n) is 7.06. The Bertz CT molecular complexity index is 824. The van der Waals surface area contributed by atoms with E-state index in [9.17, 15) is 0 Å². The predicted octanol–water partition coefficient (Wildman–Crippen LogP) is 3.65. The number of hydrogen-bond donors (Lipinski definition) is 2. The van der Waals surface area contributed by atoms with E-state index >= 15 is 0 Å². The molecular weight excluding hydrogens is 282 g/mol. The minimum Gasteiger partial charge on any atom is -0.361 e. The van der Waals surface area contributed by atoms with Crippen LogP contribution in [0, 0.1) is 4.77 Å². The van der Waals surface area contributed by atoms with E-state index in [-0.39, 0.29) is 0 Å². The number of H-pyrrole nitrogens is 2. The molecule has 108 valence electrons. The highest BCUT2D eigenvalue weighted by atomic mass is 32.1. The van der Waals surface area contributed by atoms with Crippen LogP contribution in [0.2, 0.25) is 0 Å². The van der Waals surface area contributed by atoms with Crippen LogP contribution in [-0.2, 0) is 6.42 Å². The molecule has 0 fully saturated rings. The number of para-hydroxylation sites is 1. The summed E-state index contributed by atoms with van der Waals surface area (Å²) in [6, 6.07) is 8.14. The first-order valence-corrected chi connectivity index (χ1v) is 7.47. The lowest BCUT2D eigenvalue weighted by molar-refractivity contribution is 0.700. The van der Waals surface area contributed by atoms with Crippen molar-refractivity contribution in [3.8, 4) is 0 Å². The molecule has 0 unspecified atom stereocenters. The van der Waals surface area contributed by atoms with Gasteiger partial charge in [-0.15, -0.1) is 0 Å². The molecule has 6 heteroatoms. The van der Waals surface area contributed by atoms with Gasteiger partial charge in [-0.05, 0) is 24.7 Å². The number of rotatable bonds is 5. The molecule has 0 radical (unpaired) electrons. The average molecular weight is 299 g/mol. The Kier molecular flexibility index (Phi) is 3.96. The highest BCUT2D eigenvalue weighted by molar-refractivity contribution is 7.71. The Hall–Kier alpha value is -2.21. The molecular formula is C15H17N5S. The van der Waals surface area contributed by atoms with Crippen LogP contribution < -0.4 is 0 Å². The van der Waals surface area contributed by atoms with Crippen molar-refractivity contribution in [2.75, 3.05) is 0 Å². The molecule has 3 aromatic rings. The fourth-order valence-electron chi connectivity index (χ4n) is 2.26. The van der Waals surface area contributed by atoms with E-state index in [1.165, 1.54) is 0 Å². The van der Waals surface area contributed by atoms with Crippen molar-refractivity contribution in [2.45, 2.75) is 26.2 Å². The summed E-state index contributed by atoms with van der Waals surface area (Å²) in [5.74, 6) is 0.873. The molecule has 0 aliphatic rings. The van der Waals surface area contributed by atoms with E-state index in [1.54, 1.807) is 4.68 Å². The summed E-state index contributed by atoms with van der Waals surface area (Å²) in [5.41, 5.74) is 2.14. The summed E-state index contributed by atoms with van der Waals surface area (Å²) < 4.78 is 2.23. The van der Waals surface area contributed by atoms with Crippen LogP contribution in [-0.4, -0.2) is 26.1 Å². The lowest BCUT2D eigenvalue weighted by Gasteiger charge is -1.99. The summed E-state index contributed by atoms with van der Waals surface area (Å²) in [7, 11) is 0. The van der Waals surface area contributed by atoms with Gasteiger partial charge >= 0.3 is 0 Å². The zero-order valence-corrected chi connectivity index (χ0v) is 12.7. The molecule has 0 amide bonds. The van der Waals surface area contributed by atoms with Gasteiger partial charge in [0.2, 0.25) is 4.77 Å². The lowest BCUT2D eigenvalue weighted by Crippen LogP contribution is -1.99. The Morgan fingerprint density at radius 3 is 3.10 bits per heavy atom. The van der Waals surface area contributed by atoms with Gasteiger partial charge in [0.05, 0.1) is 6.21 Å². The number of nitrogens with one attached hydrogen (secondary N) is 2. The van der Waals surface area contributed by atoms with Crippen molar-refractivity contribution in [2.24, 2.45) is 5.10 Å². The van der Waals surface area contributed by atoms with Gasteiger partial charge in [-0.1, -0.05) is 31.5 Å². The Morgan fingerprint density at radius 1 is 1.38 bits per heavy atom. The molecule has 0 aliphatic heterocycles. The van der Waals surface area contributed by atoms with E-state index < -0.39 is 0 Å². The van der Waals surface area contributed by atoms with E-state index in [4.69, 9.17) is 12.2 Å². The second kappa shape index (κ2) is 6.05. The van der Waals surface area contributed by atoms with Gasteiger partial charge in [0.25, 0.3) is 0 Å². The van der Waals surface area contributed by atoms with Crippen LogP contribution in [0.25, 0.3) is 10.9 Å². The molecule has 21 heavy (non-hydrogen) atoms. The van der Waals surface area contributed by atoms with E-state index in [0.29, 0.717) is 4.77 Å². The molecule has 0 aliphatic carbocycles. The van der Waals surface area contributed by atoms with Crippen LogP contribution in [0.1, 0.15) is 31.2 Å². The molecule has 0 bridgehead atoms. The molecule has 0 atom stereocenters. The maximum absolute atomic E-state index is 5.24. The van der Waals surface area contributed by atoms with Crippen LogP contribution >= 0.6 is 12.2 Å². The highest BCUT2D eigenvalue weighted by Gasteiger charge is 2.05. The Morgan fingerprint density at radius 2 is 2.24 bits per heavy atom. The molecule has 2 heterocycles. The molecule has 0 spiro atoms. The zero-order chi connectivity index (χ0) is 14.7. The molecule has 5 nitrogen and oxygen atoms in total. The fourth-order valence-corrected chi connectivity index (χ4v) is 2.46. The van der Waals surface area contributed by atoms with Crippen molar-refractivity contribution >= 4 is 29.3 Å². The van der Waals surface area contributed by atoms with Crippen LogP contribution in [0.15, 0.2) is 35.6 Å². The third kappa shape index (κ3) is 2.80. The van der Waals surface area contributed by atoms with Gasteiger partial charge in [-0.3, -0.25) is 5.10 Å². The maximum Gasteiger partial charge on any atom is 0.216 e. The summed E-state index contributed by atoms with van der Waals surface area (Å²) in [4.78, 5) is 3.23. The number of unbranched alkanes of at least 4 members (excludes halogenated alkanes) is 1. The third-order valence-electron chi connectivity index (χ3n) is 3.40. The Balaban J connectivity index is 1.92. The van der Waals surface area contributed by atoms with Gasteiger partial charge in [-0.2, -0.15) is 14.9 Å². The normalized spacial score (nSPS) is 11.7. The first kappa shape index (κ1) is 13.8. The van der Waals surface area contributed by atoms with E-state index in [2.05, 4.69) is 33.3 Å². The first-order chi connectivity index (χ1) is 10.3. The molecule has 0 saturated heterocycles. The number of aromatic nitrogens is 4. The van der Waals surface area contributed by atoms with Gasteiger partial charge in [0.1, 0.15) is 0 Å². The van der Waals surface area contributed by atoms with Crippen molar-refractivity contribution in [1.29, 1.82) is 0 Å². The Labute approximate surface area is 127 Å². The smallest absolute Gasteiger partial charge is 0.216 e. The van der Waals surface area contributed by atoms with Crippen LogP contribution in [0.5, 0.6) is 0 Å². The third-order valence-corrected chi connectivity index (χ3v) is 3.67. The average Bonchev–Trinajstić information content (AvgIpc) is 3.07. The van der Waals surface area contributed by atoms with Gasteiger partial charge < -0.3 is 4.98 Å². The quantitative estimate of drug-likeness (QED) is 0.558. The predicted molar refractivity (Wildman–Crippen MR) is 87.3 cm³/mol. The monoisotopic (exact) mass is 299 g/mol. The fraction of sp³-hybridized carbons (Fsp3) is 0.267. The summed E-state index contributed by atoms with van der Waals surface area (Å²) in [6.45, 7) is 2.15. The van der Waals surface area contributed by atoms with Gasteiger partial charge in [-0.25, -0.2) is 0 Å². The van der Waals surface area contributed by atoms with E-state index in [0.717, 1.165) is 41.6 Å². The maximum atomic E-state index is 5.24. The van der Waals surface area contributed by atoms with Gasteiger partial charge in [0.15, 0.2) is 5.82 Å². The summed E-state index contributed by atoms with van der Waals surface area (Å²) >= 11 is 5.24. The second-order valence-corrected chi connectivity index (χ2v) is 5.28. The summed E-state index contributed by atoms with van der Waals surface area (Å²) in [6.07, 6.45) is 6.83. The van der Waals surface area contributed by atoms with Crippen LogP contribution in [0.4, 0.5) is 0 Å². The SMILES string of the molecule is CCCCc1n[nH]c(=S)n1/N=C/c1c[nH]c2ccccc12. The molecule has 2 N–H and O–H groups in total. The molecule has 2 aromatic heterocycles. The lowest BCUT2D eigenvalue weighted by atomic mass is 10.2. The largest absolute Gasteiger partial charge is 0.361 e. The molecule has 1 aromatic carbocycles. The highest BCUT2D eigenvalue weighted by Crippen LogP contribution is 2.16. The number of aryl methyl sites for hydroxylation is 1. The van der Waals surface area contributed by atoms with Gasteiger partial charge in [0, 0.05) is 29.1 Å². The van der Waals surface area contributed by atoms with Crippen molar-refractivity contribution in [3.05, 3.63) is 46.6 Å². The molecule has 0 saturated carbocycles.